The van der Waals surface area contributed by atoms with Crippen LogP contribution in [0.25, 0.3) is 0 Å². The highest BCUT2D eigenvalue weighted by molar-refractivity contribution is 5.94. The SMILES string of the molecule is COc1ccc(C(c2ccccn2)N(C)C(=O)C2CCN(C(=O)c3ccoc3)CC2)cc1. The summed E-state index contributed by atoms with van der Waals surface area (Å²) in [5.74, 6) is 0.629. The molecule has 3 aromatic rings. The number of amides is 2. The van der Waals surface area contributed by atoms with Crippen LogP contribution in [0.5, 0.6) is 5.75 Å². The number of nitrogens with zero attached hydrogens (tertiary/aromatic N) is 3. The van der Waals surface area contributed by atoms with Gasteiger partial charge in [0.15, 0.2) is 0 Å². The maximum absolute atomic E-state index is 13.5. The topological polar surface area (TPSA) is 75.9 Å². The van der Waals surface area contributed by atoms with Gasteiger partial charge in [-0.15, -0.1) is 0 Å². The molecular weight excluding hydrogens is 406 g/mol. The Bertz CT molecular complexity index is 1030. The third kappa shape index (κ3) is 4.51. The fourth-order valence-electron chi connectivity index (χ4n) is 4.23. The fraction of sp³-hybridized carbons (Fsp3) is 0.320. The maximum atomic E-state index is 13.5. The van der Waals surface area contributed by atoms with E-state index >= 15 is 0 Å². The number of pyridine rings is 1. The molecule has 7 heteroatoms. The lowest BCUT2D eigenvalue weighted by Crippen LogP contribution is -2.44. The summed E-state index contributed by atoms with van der Waals surface area (Å²) in [6.45, 7) is 1.09. The van der Waals surface area contributed by atoms with Gasteiger partial charge in [-0.05, 0) is 48.7 Å². The molecule has 1 aromatic carbocycles. The smallest absolute Gasteiger partial charge is 0.257 e. The summed E-state index contributed by atoms with van der Waals surface area (Å²) in [5, 5.41) is 0. The van der Waals surface area contributed by atoms with Gasteiger partial charge in [0.1, 0.15) is 12.0 Å². The number of carbonyl (C=O) groups excluding carboxylic acids is 2. The highest BCUT2D eigenvalue weighted by atomic mass is 16.5. The van der Waals surface area contributed by atoms with Gasteiger partial charge in [0.05, 0.1) is 30.7 Å². The predicted molar refractivity (Wildman–Crippen MR) is 119 cm³/mol. The molecular formula is C25H27N3O4. The zero-order valence-corrected chi connectivity index (χ0v) is 18.3. The van der Waals surface area contributed by atoms with Crippen LogP contribution in [0, 0.1) is 5.92 Å². The van der Waals surface area contributed by atoms with Crippen LogP contribution in [0.2, 0.25) is 0 Å². The molecule has 0 radical (unpaired) electrons. The summed E-state index contributed by atoms with van der Waals surface area (Å²) in [4.78, 5) is 34.1. The molecule has 2 aromatic heterocycles. The molecule has 7 nitrogen and oxygen atoms in total. The van der Waals surface area contributed by atoms with Crippen LogP contribution in [-0.4, -0.2) is 53.8 Å². The van der Waals surface area contributed by atoms with Gasteiger partial charge < -0.3 is 19.0 Å². The van der Waals surface area contributed by atoms with Crippen molar-refractivity contribution in [3.8, 4) is 5.75 Å². The molecule has 1 fully saturated rings. The molecule has 1 aliphatic heterocycles. The minimum Gasteiger partial charge on any atom is -0.497 e. The van der Waals surface area contributed by atoms with Crippen molar-refractivity contribution in [3.63, 3.8) is 0 Å². The first-order valence-electron chi connectivity index (χ1n) is 10.7. The van der Waals surface area contributed by atoms with Gasteiger partial charge in [-0.1, -0.05) is 18.2 Å². The van der Waals surface area contributed by atoms with Crippen molar-refractivity contribution in [2.75, 3.05) is 27.2 Å². The lowest BCUT2D eigenvalue weighted by atomic mass is 9.93. The molecule has 166 valence electrons. The molecule has 1 unspecified atom stereocenters. The molecule has 1 aliphatic rings. The fourth-order valence-corrected chi connectivity index (χ4v) is 4.23. The first-order valence-corrected chi connectivity index (χ1v) is 10.7. The van der Waals surface area contributed by atoms with Crippen molar-refractivity contribution < 1.29 is 18.7 Å². The summed E-state index contributed by atoms with van der Waals surface area (Å²) >= 11 is 0. The molecule has 0 spiro atoms. The molecule has 0 bridgehead atoms. The van der Waals surface area contributed by atoms with E-state index in [4.69, 9.17) is 9.15 Å². The molecule has 0 saturated carbocycles. The van der Waals surface area contributed by atoms with Crippen LogP contribution in [0.3, 0.4) is 0 Å². The lowest BCUT2D eigenvalue weighted by Gasteiger charge is -2.35. The molecule has 2 amide bonds. The Morgan fingerprint density at radius 2 is 1.88 bits per heavy atom. The van der Waals surface area contributed by atoms with Gasteiger partial charge in [-0.25, -0.2) is 0 Å². The average Bonchev–Trinajstić information content (AvgIpc) is 3.39. The Hall–Kier alpha value is -3.61. The van der Waals surface area contributed by atoms with Gasteiger partial charge in [-0.3, -0.25) is 14.6 Å². The highest BCUT2D eigenvalue weighted by Gasteiger charge is 2.33. The Morgan fingerprint density at radius 1 is 1.12 bits per heavy atom. The molecule has 0 N–H and O–H groups in total. The normalized spacial score (nSPS) is 15.2. The number of rotatable bonds is 6. The van der Waals surface area contributed by atoms with E-state index in [9.17, 15) is 9.59 Å². The number of aromatic nitrogens is 1. The van der Waals surface area contributed by atoms with Crippen molar-refractivity contribution in [3.05, 3.63) is 84.1 Å². The van der Waals surface area contributed by atoms with Gasteiger partial charge in [0.25, 0.3) is 5.91 Å². The molecule has 3 heterocycles. The number of ether oxygens (including phenoxy) is 1. The zero-order valence-electron chi connectivity index (χ0n) is 18.3. The van der Waals surface area contributed by atoms with Gasteiger partial charge in [0, 0.05) is 32.3 Å². The number of hydrogen-bond acceptors (Lipinski definition) is 5. The number of methoxy groups -OCH3 is 1. The molecule has 0 aliphatic carbocycles. The number of furan rings is 1. The summed E-state index contributed by atoms with van der Waals surface area (Å²) in [6.07, 6.45) is 5.95. The minimum absolute atomic E-state index is 0.0531. The van der Waals surface area contributed by atoms with E-state index in [0.717, 1.165) is 17.0 Å². The van der Waals surface area contributed by atoms with Crippen molar-refractivity contribution >= 4 is 11.8 Å². The second-order valence-corrected chi connectivity index (χ2v) is 7.96. The monoisotopic (exact) mass is 433 g/mol. The van der Waals surface area contributed by atoms with Crippen LogP contribution in [0.15, 0.2) is 71.7 Å². The molecule has 32 heavy (non-hydrogen) atoms. The van der Waals surface area contributed by atoms with Gasteiger partial charge >= 0.3 is 0 Å². The minimum atomic E-state index is -0.305. The van der Waals surface area contributed by atoms with E-state index in [1.165, 1.54) is 12.5 Å². The third-order valence-electron chi connectivity index (χ3n) is 6.03. The number of piperidine rings is 1. The van der Waals surface area contributed by atoms with E-state index in [-0.39, 0.29) is 23.8 Å². The first kappa shape index (κ1) is 21.6. The molecule has 4 rings (SSSR count). The van der Waals surface area contributed by atoms with Crippen LogP contribution >= 0.6 is 0 Å². The molecule has 1 atom stereocenters. The Morgan fingerprint density at radius 3 is 2.47 bits per heavy atom. The lowest BCUT2D eigenvalue weighted by molar-refractivity contribution is -0.137. The van der Waals surface area contributed by atoms with Crippen LogP contribution < -0.4 is 4.74 Å². The highest BCUT2D eigenvalue weighted by Crippen LogP contribution is 2.31. The predicted octanol–water partition coefficient (Wildman–Crippen LogP) is 3.78. The van der Waals surface area contributed by atoms with E-state index in [0.29, 0.717) is 31.5 Å². The van der Waals surface area contributed by atoms with E-state index in [1.54, 1.807) is 29.2 Å². The maximum Gasteiger partial charge on any atom is 0.257 e. The Kier molecular flexibility index (Phi) is 6.54. The Balaban J connectivity index is 1.49. The quantitative estimate of drug-likeness (QED) is 0.591. The summed E-state index contributed by atoms with van der Waals surface area (Å²) < 4.78 is 10.3. The van der Waals surface area contributed by atoms with Crippen molar-refractivity contribution in [2.45, 2.75) is 18.9 Å². The van der Waals surface area contributed by atoms with Crippen LogP contribution in [0.4, 0.5) is 0 Å². The number of carbonyl (C=O) groups is 2. The third-order valence-corrected chi connectivity index (χ3v) is 6.03. The van der Waals surface area contributed by atoms with Crippen LogP contribution in [-0.2, 0) is 4.79 Å². The summed E-state index contributed by atoms with van der Waals surface area (Å²) in [6, 6.07) is 14.8. The van der Waals surface area contributed by atoms with E-state index < -0.39 is 0 Å². The number of benzene rings is 1. The van der Waals surface area contributed by atoms with Crippen molar-refractivity contribution in [1.29, 1.82) is 0 Å². The summed E-state index contributed by atoms with van der Waals surface area (Å²) in [5.41, 5.74) is 2.32. The first-order chi connectivity index (χ1) is 15.6. The molecule has 1 saturated heterocycles. The van der Waals surface area contributed by atoms with Crippen molar-refractivity contribution in [2.24, 2.45) is 5.92 Å². The number of hydrogen-bond donors (Lipinski definition) is 0. The second kappa shape index (κ2) is 9.68. The van der Waals surface area contributed by atoms with Gasteiger partial charge in [0.2, 0.25) is 5.91 Å². The standard InChI is InChI=1S/C25H27N3O4/c1-27(23(22-5-3-4-13-26-22)18-6-8-21(31-2)9-7-18)24(29)19-10-14-28(15-11-19)25(30)20-12-16-32-17-20/h3-9,12-13,16-17,19,23H,10-11,14-15H2,1-2H3. The van der Waals surface area contributed by atoms with Crippen molar-refractivity contribution in [1.82, 2.24) is 14.8 Å². The second-order valence-electron chi connectivity index (χ2n) is 7.96. The largest absolute Gasteiger partial charge is 0.497 e. The number of likely N-dealkylation sites (tertiary alicyclic amines) is 1. The van der Waals surface area contributed by atoms with E-state index in [1.807, 2.05) is 49.5 Å². The van der Waals surface area contributed by atoms with Crippen LogP contribution in [0.1, 0.15) is 40.5 Å². The zero-order chi connectivity index (χ0) is 22.5. The summed E-state index contributed by atoms with van der Waals surface area (Å²) in [7, 11) is 3.46. The average molecular weight is 434 g/mol. The van der Waals surface area contributed by atoms with E-state index in [2.05, 4.69) is 4.98 Å². The van der Waals surface area contributed by atoms with Gasteiger partial charge in [-0.2, -0.15) is 0 Å². The Labute approximate surface area is 187 Å².